The molecule has 1 aliphatic heterocycles. The van der Waals surface area contributed by atoms with Crippen LogP contribution in [0.3, 0.4) is 0 Å². The van der Waals surface area contributed by atoms with Crippen molar-refractivity contribution in [3.05, 3.63) is 35.5 Å². The molecular formula is C22H30N4O4. The second-order valence-corrected chi connectivity index (χ2v) is 8.34. The van der Waals surface area contributed by atoms with Gasteiger partial charge in [-0.05, 0) is 24.0 Å². The lowest BCUT2D eigenvalue weighted by Crippen LogP contribution is -2.53. The second-order valence-electron chi connectivity index (χ2n) is 8.34. The van der Waals surface area contributed by atoms with E-state index < -0.39 is 17.9 Å². The van der Waals surface area contributed by atoms with Crippen LogP contribution in [-0.4, -0.2) is 45.9 Å². The predicted molar refractivity (Wildman–Crippen MR) is 113 cm³/mol. The first-order valence-electron chi connectivity index (χ1n) is 10.4. The van der Waals surface area contributed by atoms with Gasteiger partial charge in [-0.1, -0.05) is 38.5 Å². The SMILES string of the molecule is CNC(=O)C1Cc2c([nH]c3ccccc23)CN1C(=O)[C@H](CCC(C)C)CC(=O)NO. The van der Waals surface area contributed by atoms with Gasteiger partial charge < -0.3 is 15.2 Å². The number of hydroxylamine groups is 1. The third-order valence-electron chi connectivity index (χ3n) is 5.83. The molecule has 162 valence electrons. The van der Waals surface area contributed by atoms with Crippen molar-refractivity contribution < 1.29 is 19.6 Å². The molecule has 0 saturated carbocycles. The summed E-state index contributed by atoms with van der Waals surface area (Å²) in [5.41, 5.74) is 4.57. The standard InChI is InChI=1S/C22H30N4O4/c1-13(2)8-9-14(10-20(27)25-30)22(29)26-12-18-16(11-19(26)21(28)23-3)15-6-4-5-7-17(15)24-18/h4-7,13-14,19,24,30H,8-12H2,1-3H3,(H,23,28)(H,25,27)/t14-,19?/m1/s1. The molecule has 1 aromatic carbocycles. The van der Waals surface area contributed by atoms with Gasteiger partial charge in [0.15, 0.2) is 0 Å². The van der Waals surface area contributed by atoms with Gasteiger partial charge in [-0.3, -0.25) is 19.6 Å². The Morgan fingerprint density at radius 2 is 1.97 bits per heavy atom. The molecule has 4 N–H and O–H groups in total. The molecule has 0 aliphatic carbocycles. The number of para-hydroxylation sites is 1. The van der Waals surface area contributed by atoms with E-state index in [2.05, 4.69) is 24.1 Å². The molecule has 1 unspecified atom stereocenters. The molecule has 0 saturated heterocycles. The Kier molecular flexibility index (Phi) is 6.77. The molecule has 30 heavy (non-hydrogen) atoms. The summed E-state index contributed by atoms with van der Waals surface area (Å²) in [7, 11) is 1.56. The second kappa shape index (κ2) is 9.30. The maximum atomic E-state index is 13.5. The first kappa shape index (κ1) is 21.8. The number of carbonyl (C=O) groups excluding carboxylic acids is 3. The smallest absolute Gasteiger partial charge is 0.244 e. The highest BCUT2D eigenvalue weighted by atomic mass is 16.5. The average molecular weight is 415 g/mol. The summed E-state index contributed by atoms with van der Waals surface area (Å²) in [5.74, 6) is -1.30. The van der Waals surface area contributed by atoms with E-state index in [1.165, 1.54) is 0 Å². The minimum atomic E-state index is -0.645. The lowest BCUT2D eigenvalue weighted by atomic mass is 9.90. The molecule has 8 nitrogen and oxygen atoms in total. The van der Waals surface area contributed by atoms with Crippen LogP contribution in [-0.2, 0) is 27.3 Å². The molecule has 2 atom stereocenters. The van der Waals surface area contributed by atoms with E-state index in [9.17, 15) is 14.4 Å². The first-order valence-corrected chi connectivity index (χ1v) is 10.4. The summed E-state index contributed by atoms with van der Waals surface area (Å²) >= 11 is 0. The summed E-state index contributed by atoms with van der Waals surface area (Å²) < 4.78 is 0. The van der Waals surface area contributed by atoms with Crippen molar-refractivity contribution in [3.63, 3.8) is 0 Å². The maximum Gasteiger partial charge on any atom is 0.244 e. The van der Waals surface area contributed by atoms with Crippen molar-refractivity contribution in [3.8, 4) is 0 Å². The molecule has 0 fully saturated rings. The van der Waals surface area contributed by atoms with Gasteiger partial charge in [0.2, 0.25) is 17.7 Å². The first-order chi connectivity index (χ1) is 14.3. The average Bonchev–Trinajstić information content (AvgIpc) is 3.11. The molecule has 0 bridgehead atoms. The number of benzene rings is 1. The van der Waals surface area contributed by atoms with E-state index in [0.29, 0.717) is 18.8 Å². The van der Waals surface area contributed by atoms with Crippen LogP contribution in [0.4, 0.5) is 0 Å². The Labute approximate surface area is 176 Å². The topological polar surface area (TPSA) is 115 Å². The molecule has 3 amide bonds. The van der Waals surface area contributed by atoms with Gasteiger partial charge in [0.05, 0.1) is 6.54 Å². The number of aromatic nitrogens is 1. The predicted octanol–water partition coefficient (Wildman–Crippen LogP) is 2.12. The van der Waals surface area contributed by atoms with E-state index >= 15 is 0 Å². The van der Waals surface area contributed by atoms with Gasteiger partial charge in [0, 0.05) is 42.4 Å². The van der Waals surface area contributed by atoms with Crippen molar-refractivity contribution >= 4 is 28.6 Å². The number of rotatable bonds is 7. The van der Waals surface area contributed by atoms with Crippen LogP contribution in [0.2, 0.25) is 0 Å². The Morgan fingerprint density at radius 1 is 1.23 bits per heavy atom. The third kappa shape index (κ3) is 4.48. The molecule has 2 aromatic rings. The highest BCUT2D eigenvalue weighted by Gasteiger charge is 2.38. The van der Waals surface area contributed by atoms with Crippen LogP contribution in [0, 0.1) is 11.8 Å². The summed E-state index contributed by atoms with van der Waals surface area (Å²) in [6, 6.07) is 7.25. The van der Waals surface area contributed by atoms with Crippen LogP contribution < -0.4 is 10.8 Å². The number of nitrogens with zero attached hydrogens (tertiary/aromatic N) is 1. The van der Waals surface area contributed by atoms with Gasteiger partial charge >= 0.3 is 0 Å². The van der Waals surface area contributed by atoms with Gasteiger partial charge in [0.25, 0.3) is 0 Å². The number of hydrogen-bond donors (Lipinski definition) is 4. The maximum absolute atomic E-state index is 13.5. The number of carbonyl (C=O) groups is 3. The van der Waals surface area contributed by atoms with E-state index in [4.69, 9.17) is 5.21 Å². The molecule has 3 rings (SSSR count). The number of nitrogens with one attached hydrogen (secondary N) is 3. The lowest BCUT2D eigenvalue weighted by Gasteiger charge is -2.36. The van der Waals surface area contributed by atoms with Crippen molar-refractivity contribution in [1.82, 2.24) is 20.7 Å². The lowest BCUT2D eigenvalue weighted by molar-refractivity contribution is -0.147. The van der Waals surface area contributed by atoms with Crippen LogP contribution in [0.15, 0.2) is 24.3 Å². The number of amides is 3. The fraction of sp³-hybridized carbons (Fsp3) is 0.500. The van der Waals surface area contributed by atoms with Crippen LogP contribution in [0.25, 0.3) is 10.9 Å². The highest BCUT2D eigenvalue weighted by Crippen LogP contribution is 2.32. The fourth-order valence-corrected chi connectivity index (χ4v) is 4.19. The number of fused-ring (bicyclic) bond motifs is 3. The molecule has 1 aromatic heterocycles. The van der Waals surface area contributed by atoms with Gasteiger partial charge in [0.1, 0.15) is 6.04 Å². The zero-order valence-electron chi connectivity index (χ0n) is 17.7. The summed E-state index contributed by atoms with van der Waals surface area (Å²) in [6.07, 6.45) is 1.58. The van der Waals surface area contributed by atoms with Crippen LogP contribution >= 0.6 is 0 Å². The van der Waals surface area contributed by atoms with E-state index in [0.717, 1.165) is 28.6 Å². The molecule has 1 aliphatic rings. The largest absolute Gasteiger partial charge is 0.357 e. The van der Waals surface area contributed by atoms with E-state index in [1.54, 1.807) is 17.4 Å². The van der Waals surface area contributed by atoms with E-state index in [-0.39, 0.29) is 24.8 Å². The van der Waals surface area contributed by atoms with Crippen molar-refractivity contribution in [2.24, 2.45) is 11.8 Å². The van der Waals surface area contributed by atoms with Crippen molar-refractivity contribution in [1.29, 1.82) is 0 Å². The quantitative estimate of drug-likeness (QED) is 0.410. The van der Waals surface area contributed by atoms with Crippen LogP contribution in [0.5, 0.6) is 0 Å². The zero-order chi connectivity index (χ0) is 21.8. The molecular weight excluding hydrogens is 384 g/mol. The molecule has 8 heteroatoms. The minimum absolute atomic E-state index is 0.113. The van der Waals surface area contributed by atoms with Crippen LogP contribution in [0.1, 0.15) is 44.4 Å². The Hall–Kier alpha value is -2.87. The summed E-state index contributed by atoms with van der Waals surface area (Å²) in [6.45, 7) is 4.39. The third-order valence-corrected chi connectivity index (χ3v) is 5.83. The summed E-state index contributed by atoms with van der Waals surface area (Å²) in [4.78, 5) is 42.9. The molecule has 2 heterocycles. The number of hydrogen-bond acceptors (Lipinski definition) is 4. The normalized spacial score (nSPS) is 17.0. The van der Waals surface area contributed by atoms with Crippen molar-refractivity contribution in [2.75, 3.05) is 7.05 Å². The Morgan fingerprint density at radius 3 is 2.63 bits per heavy atom. The summed E-state index contributed by atoms with van der Waals surface area (Å²) in [5, 5.41) is 12.7. The van der Waals surface area contributed by atoms with Gasteiger partial charge in [-0.25, -0.2) is 5.48 Å². The number of likely N-dealkylation sites (N-methyl/N-ethyl adjacent to an activating group) is 1. The van der Waals surface area contributed by atoms with Gasteiger partial charge in [-0.15, -0.1) is 0 Å². The molecule has 0 spiro atoms. The fourth-order valence-electron chi connectivity index (χ4n) is 4.19. The number of aromatic amines is 1. The Balaban J connectivity index is 1.93. The highest BCUT2D eigenvalue weighted by molar-refractivity contribution is 5.93. The Bertz CT molecular complexity index is 936. The van der Waals surface area contributed by atoms with Crippen molar-refractivity contribution in [2.45, 2.75) is 52.1 Å². The molecule has 0 radical (unpaired) electrons. The number of H-pyrrole nitrogens is 1. The monoisotopic (exact) mass is 414 g/mol. The minimum Gasteiger partial charge on any atom is -0.357 e. The van der Waals surface area contributed by atoms with E-state index in [1.807, 2.05) is 24.3 Å². The zero-order valence-corrected chi connectivity index (χ0v) is 17.7. The van der Waals surface area contributed by atoms with Gasteiger partial charge in [-0.2, -0.15) is 0 Å².